The number of fused-ring (bicyclic) bond motifs is 1. The Hall–Kier alpha value is -3.81. The van der Waals surface area contributed by atoms with E-state index < -0.39 is 0 Å². The minimum absolute atomic E-state index is 0.101. The number of rotatable bonds is 5. The Kier molecular flexibility index (Phi) is 5.14. The van der Waals surface area contributed by atoms with E-state index in [9.17, 15) is 9.18 Å². The Labute approximate surface area is 172 Å². The van der Waals surface area contributed by atoms with Gasteiger partial charge in [0.2, 0.25) is 0 Å². The number of hydrogen-bond donors (Lipinski definition) is 0. The highest BCUT2D eigenvalue weighted by molar-refractivity contribution is 6.06. The smallest absolute Gasteiger partial charge is 0.258 e. The molecule has 0 radical (unpaired) electrons. The summed E-state index contributed by atoms with van der Waals surface area (Å²) in [5, 5.41) is 4.50. The van der Waals surface area contributed by atoms with Crippen molar-refractivity contribution in [1.82, 2.24) is 19.6 Å². The fourth-order valence-electron chi connectivity index (χ4n) is 3.23. The fourth-order valence-corrected chi connectivity index (χ4v) is 3.23. The van der Waals surface area contributed by atoms with E-state index in [0.717, 1.165) is 11.4 Å². The maximum Gasteiger partial charge on any atom is 0.258 e. The molecule has 30 heavy (non-hydrogen) atoms. The third kappa shape index (κ3) is 3.84. The van der Waals surface area contributed by atoms with Gasteiger partial charge < -0.3 is 9.64 Å². The summed E-state index contributed by atoms with van der Waals surface area (Å²) >= 11 is 0. The van der Waals surface area contributed by atoms with E-state index in [0.29, 0.717) is 28.6 Å². The first-order valence-electron chi connectivity index (χ1n) is 9.36. The van der Waals surface area contributed by atoms with Crippen LogP contribution in [0.5, 0.6) is 5.75 Å². The zero-order valence-corrected chi connectivity index (χ0v) is 16.8. The van der Waals surface area contributed by atoms with Gasteiger partial charge in [0.05, 0.1) is 13.7 Å². The lowest BCUT2D eigenvalue weighted by Gasteiger charge is -2.22. The van der Waals surface area contributed by atoms with Gasteiger partial charge in [0.25, 0.3) is 11.7 Å². The molecule has 4 rings (SSSR count). The van der Waals surface area contributed by atoms with Gasteiger partial charge in [-0.1, -0.05) is 6.07 Å². The van der Waals surface area contributed by atoms with Gasteiger partial charge in [0.1, 0.15) is 11.6 Å². The Morgan fingerprint density at radius 1 is 1.10 bits per heavy atom. The van der Waals surface area contributed by atoms with Crippen molar-refractivity contribution in [1.29, 1.82) is 0 Å². The van der Waals surface area contributed by atoms with Gasteiger partial charge >= 0.3 is 0 Å². The maximum absolute atomic E-state index is 13.5. The van der Waals surface area contributed by atoms with E-state index in [-0.39, 0.29) is 18.3 Å². The lowest BCUT2D eigenvalue weighted by molar-refractivity contribution is 0.0984. The van der Waals surface area contributed by atoms with Gasteiger partial charge in [0, 0.05) is 22.6 Å². The highest BCUT2D eigenvalue weighted by Gasteiger charge is 2.21. The SMILES string of the molecule is COc1cccc(C(=O)N(Cc2nc3nc(C)cc(C)n3n2)c2ccc(F)cc2)c1. The van der Waals surface area contributed by atoms with Crippen molar-refractivity contribution >= 4 is 17.4 Å². The lowest BCUT2D eigenvalue weighted by atomic mass is 10.1. The van der Waals surface area contributed by atoms with Crippen LogP contribution in [-0.4, -0.2) is 32.6 Å². The van der Waals surface area contributed by atoms with Crippen molar-refractivity contribution in [2.24, 2.45) is 0 Å². The van der Waals surface area contributed by atoms with Crippen LogP contribution in [0.25, 0.3) is 5.78 Å². The van der Waals surface area contributed by atoms with Crippen LogP contribution in [0.2, 0.25) is 0 Å². The number of aryl methyl sites for hydroxylation is 2. The zero-order valence-electron chi connectivity index (χ0n) is 16.8. The van der Waals surface area contributed by atoms with E-state index >= 15 is 0 Å². The predicted molar refractivity (Wildman–Crippen MR) is 110 cm³/mol. The highest BCUT2D eigenvalue weighted by atomic mass is 19.1. The summed E-state index contributed by atoms with van der Waals surface area (Å²) in [4.78, 5) is 23.7. The van der Waals surface area contributed by atoms with Gasteiger partial charge in [-0.05, 0) is 62.4 Å². The summed E-state index contributed by atoms with van der Waals surface area (Å²) in [6.45, 7) is 3.90. The fraction of sp³-hybridized carbons (Fsp3) is 0.182. The minimum Gasteiger partial charge on any atom is -0.497 e. The van der Waals surface area contributed by atoms with Gasteiger partial charge in [0.15, 0.2) is 5.82 Å². The average Bonchev–Trinajstić information content (AvgIpc) is 3.15. The summed E-state index contributed by atoms with van der Waals surface area (Å²) < 4.78 is 20.3. The molecular weight excluding hydrogens is 385 g/mol. The quantitative estimate of drug-likeness (QED) is 0.506. The lowest BCUT2D eigenvalue weighted by Crippen LogP contribution is -2.31. The van der Waals surface area contributed by atoms with Crippen LogP contribution < -0.4 is 9.64 Å². The molecule has 0 aliphatic rings. The second-order valence-electron chi connectivity index (χ2n) is 6.88. The number of ether oxygens (including phenoxy) is 1. The van der Waals surface area contributed by atoms with Crippen LogP contribution in [0.15, 0.2) is 54.6 Å². The molecule has 0 aliphatic heterocycles. The van der Waals surface area contributed by atoms with Crippen LogP contribution in [0, 0.1) is 19.7 Å². The van der Waals surface area contributed by atoms with Crippen molar-refractivity contribution in [3.05, 3.63) is 83.2 Å². The molecule has 0 unspecified atom stereocenters. The first kappa shape index (κ1) is 19.5. The molecule has 0 N–H and O–H groups in total. The van der Waals surface area contributed by atoms with Crippen LogP contribution in [-0.2, 0) is 6.54 Å². The molecule has 0 saturated carbocycles. The van der Waals surface area contributed by atoms with E-state index in [4.69, 9.17) is 4.74 Å². The topological polar surface area (TPSA) is 72.6 Å². The van der Waals surface area contributed by atoms with E-state index in [1.54, 1.807) is 48.0 Å². The summed E-state index contributed by atoms with van der Waals surface area (Å²) in [5.41, 5.74) is 2.70. The number of aromatic nitrogens is 4. The molecule has 7 nitrogen and oxygen atoms in total. The third-order valence-corrected chi connectivity index (χ3v) is 4.66. The Morgan fingerprint density at radius 2 is 1.87 bits per heavy atom. The number of amides is 1. The van der Waals surface area contributed by atoms with E-state index in [1.807, 2.05) is 19.9 Å². The minimum atomic E-state index is -0.381. The molecule has 2 aromatic heterocycles. The van der Waals surface area contributed by atoms with Crippen LogP contribution in [0.3, 0.4) is 0 Å². The van der Waals surface area contributed by atoms with Crippen molar-refractivity contribution in [3.8, 4) is 5.75 Å². The van der Waals surface area contributed by atoms with Gasteiger partial charge in [-0.3, -0.25) is 4.79 Å². The van der Waals surface area contributed by atoms with Gasteiger partial charge in [-0.2, -0.15) is 4.98 Å². The molecule has 0 spiro atoms. The number of hydrogen-bond acceptors (Lipinski definition) is 5. The molecule has 1 amide bonds. The standard InChI is InChI=1S/C22H20FN5O2/c1-14-11-15(2)28-22(24-14)25-20(26-28)13-27(18-9-7-17(23)8-10-18)21(29)16-5-4-6-19(12-16)30-3/h4-12H,13H2,1-3H3. The zero-order chi connectivity index (χ0) is 21.3. The molecule has 0 bridgehead atoms. The summed E-state index contributed by atoms with van der Waals surface area (Å²) in [6, 6.07) is 14.5. The summed E-state index contributed by atoms with van der Waals surface area (Å²) in [5.74, 6) is 0.808. The molecular formula is C22H20FN5O2. The van der Waals surface area contributed by atoms with Crippen molar-refractivity contribution < 1.29 is 13.9 Å². The Bertz CT molecular complexity index is 1220. The van der Waals surface area contributed by atoms with Crippen LogP contribution in [0.1, 0.15) is 27.6 Å². The van der Waals surface area contributed by atoms with Gasteiger partial charge in [-0.15, -0.1) is 5.10 Å². The molecule has 0 aliphatic carbocycles. The third-order valence-electron chi connectivity index (χ3n) is 4.66. The predicted octanol–water partition coefficient (Wildman–Crippen LogP) is 3.74. The van der Waals surface area contributed by atoms with Crippen molar-refractivity contribution in [3.63, 3.8) is 0 Å². The molecule has 2 aromatic carbocycles. The second-order valence-corrected chi connectivity index (χ2v) is 6.88. The first-order valence-corrected chi connectivity index (χ1v) is 9.36. The molecule has 0 saturated heterocycles. The van der Waals surface area contributed by atoms with Crippen LogP contribution >= 0.6 is 0 Å². The molecule has 0 fully saturated rings. The van der Waals surface area contributed by atoms with Crippen molar-refractivity contribution in [2.45, 2.75) is 20.4 Å². The normalized spacial score (nSPS) is 10.9. The van der Waals surface area contributed by atoms with Crippen LogP contribution in [0.4, 0.5) is 10.1 Å². The average molecular weight is 405 g/mol. The largest absolute Gasteiger partial charge is 0.497 e. The van der Waals surface area contributed by atoms with E-state index in [2.05, 4.69) is 15.1 Å². The molecule has 4 aromatic rings. The first-order chi connectivity index (χ1) is 14.4. The number of methoxy groups -OCH3 is 1. The number of halogens is 1. The molecule has 8 heteroatoms. The van der Waals surface area contributed by atoms with E-state index in [1.165, 1.54) is 17.0 Å². The second kappa shape index (κ2) is 7.90. The number of carbonyl (C=O) groups excluding carboxylic acids is 1. The molecule has 0 atom stereocenters. The number of anilines is 1. The maximum atomic E-state index is 13.5. The molecule has 152 valence electrons. The molecule has 2 heterocycles. The number of nitrogens with zero attached hydrogens (tertiary/aromatic N) is 5. The summed E-state index contributed by atoms with van der Waals surface area (Å²) in [7, 11) is 1.54. The monoisotopic (exact) mass is 405 g/mol. The summed E-state index contributed by atoms with van der Waals surface area (Å²) in [6.07, 6.45) is 0. The Morgan fingerprint density at radius 3 is 2.60 bits per heavy atom. The number of carbonyl (C=O) groups is 1. The Balaban J connectivity index is 1.74. The highest BCUT2D eigenvalue weighted by Crippen LogP contribution is 2.22. The number of benzene rings is 2. The van der Waals surface area contributed by atoms with Gasteiger partial charge in [-0.25, -0.2) is 13.9 Å². The van der Waals surface area contributed by atoms with Crippen molar-refractivity contribution in [2.75, 3.05) is 12.0 Å².